The van der Waals surface area contributed by atoms with Crippen LogP contribution in [0.5, 0.6) is 11.5 Å². The van der Waals surface area contributed by atoms with Gasteiger partial charge in [0.15, 0.2) is 20.8 Å². The van der Waals surface area contributed by atoms with Gasteiger partial charge in [0, 0.05) is 10.3 Å². The largest absolute Gasteiger partial charge is 0.455 e. The molecule has 0 saturated carbocycles. The van der Waals surface area contributed by atoms with Crippen LogP contribution in [0.1, 0.15) is 11.1 Å². The van der Waals surface area contributed by atoms with Gasteiger partial charge in [-0.05, 0) is 48.4 Å². The third-order valence-electron chi connectivity index (χ3n) is 5.88. The van der Waals surface area contributed by atoms with Crippen LogP contribution in [0, 0.1) is 6.92 Å². The summed E-state index contributed by atoms with van der Waals surface area (Å²) in [5, 5.41) is 0.710. The Morgan fingerprint density at radius 2 is 1.89 bits per heavy atom. The zero-order valence-corrected chi connectivity index (χ0v) is 21.3. The third kappa shape index (κ3) is 5.39. The Labute approximate surface area is 213 Å². The van der Waals surface area contributed by atoms with Gasteiger partial charge >= 0.3 is 0 Å². The lowest BCUT2D eigenvalue weighted by Gasteiger charge is -2.27. The predicted molar refractivity (Wildman–Crippen MR) is 142 cm³/mol. The van der Waals surface area contributed by atoms with Crippen molar-refractivity contribution in [1.82, 2.24) is 0 Å². The Balaban J connectivity index is 1.54. The van der Waals surface area contributed by atoms with Crippen molar-refractivity contribution in [2.24, 2.45) is 4.99 Å². The van der Waals surface area contributed by atoms with E-state index in [-0.39, 0.29) is 35.1 Å². The number of anilines is 1. The molecule has 2 aliphatic rings. The van der Waals surface area contributed by atoms with Gasteiger partial charge in [0.05, 0.1) is 29.7 Å². The maximum Gasteiger partial charge on any atom is 0.252 e. The molecule has 2 saturated heterocycles. The smallest absolute Gasteiger partial charge is 0.252 e. The molecule has 0 unspecified atom stereocenters. The number of carbonyl (C=O) groups excluding carboxylic acids is 1. The molecular weight excluding hydrogens is 504 g/mol. The van der Waals surface area contributed by atoms with Crippen molar-refractivity contribution in [3.8, 4) is 11.5 Å². The van der Waals surface area contributed by atoms with Crippen molar-refractivity contribution in [3.05, 3.63) is 88.9 Å². The van der Waals surface area contributed by atoms with Crippen LogP contribution in [0.3, 0.4) is 0 Å². The summed E-state index contributed by atoms with van der Waals surface area (Å²) >= 11 is 7.70. The molecular formula is C26H23ClN2O4S2. The fourth-order valence-corrected chi connectivity index (χ4v) is 8.42. The SMILES string of the molecule is Cc1cccc(Oc2ccc(Cl)cc2N2C(=NC(=O)Cc3ccccc3)S[C@H]3CS(=O)(=O)C[C@@H]32)c1. The Morgan fingerprint density at radius 3 is 2.66 bits per heavy atom. The molecule has 0 radical (unpaired) electrons. The Morgan fingerprint density at radius 1 is 1.09 bits per heavy atom. The summed E-state index contributed by atoms with van der Waals surface area (Å²) in [5.74, 6) is 0.880. The molecule has 9 heteroatoms. The number of thioether (sulfide) groups is 1. The molecule has 2 fully saturated rings. The van der Waals surface area contributed by atoms with E-state index in [4.69, 9.17) is 16.3 Å². The van der Waals surface area contributed by atoms with Crippen molar-refractivity contribution < 1.29 is 17.9 Å². The molecule has 0 spiro atoms. The van der Waals surface area contributed by atoms with Gasteiger partial charge in [-0.3, -0.25) is 4.79 Å². The minimum Gasteiger partial charge on any atom is -0.455 e. The van der Waals surface area contributed by atoms with Gasteiger partial charge in [-0.15, -0.1) is 0 Å². The summed E-state index contributed by atoms with van der Waals surface area (Å²) < 4.78 is 31.1. The number of aryl methyl sites for hydroxylation is 1. The average Bonchev–Trinajstić information content (AvgIpc) is 3.26. The molecule has 3 aromatic rings. The first-order chi connectivity index (χ1) is 16.8. The van der Waals surface area contributed by atoms with Crippen LogP contribution >= 0.6 is 23.4 Å². The van der Waals surface area contributed by atoms with E-state index in [1.165, 1.54) is 11.8 Å². The summed E-state index contributed by atoms with van der Waals surface area (Å²) in [5.41, 5.74) is 2.50. The van der Waals surface area contributed by atoms with Crippen molar-refractivity contribution in [3.63, 3.8) is 0 Å². The van der Waals surface area contributed by atoms with Crippen LogP contribution in [0.15, 0.2) is 77.8 Å². The molecule has 0 N–H and O–H groups in total. The first-order valence-electron chi connectivity index (χ1n) is 11.1. The van der Waals surface area contributed by atoms with Gasteiger partial charge in [0.1, 0.15) is 5.75 Å². The Bertz CT molecular complexity index is 1410. The van der Waals surface area contributed by atoms with E-state index in [1.54, 1.807) is 18.2 Å². The maximum atomic E-state index is 12.9. The number of amidine groups is 1. The van der Waals surface area contributed by atoms with Gasteiger partial charge in [-0.2, -0.15) is 4.99 Å². The lowest BCUT2D eigenvalue weighted by atomic mass is 10.1. The number of halogens is 1. The van der Waals surface area contributed by atoms with E-state index >= 15 is 0 Å². The minimum absolute atomic E-state index is 0.0209. The standard InChI is InChI=1S/C26H23ClN2O4S2/c1-17-6-5-9-20(12-17)33-23-11-10-19(27)14-21(23)29-22-15-35(31,32)16-24(22)34-26(29)28-25(30)13-18-7-3-2-4-8-18/h2-12,14,22,24H,13,15-16H2,1H3/t22-,24-/m0/s1. The van der Waals surface area contributed by atoms with Crippen molar-refractivity contribution in [2.45, 2.75) is 24.6 Å². The van der Waals surface area contributed by atoms with Crippen LogP contribution in [0.4, 0.5) is 5.69 Å². The number of hydrogen-bond donors (Lipinski definition) is 0. The maximum absolute atomic E-state index is 12.9. The monoisotopic (exact) mass is 526 g/mol. The topological polar surface area (TPSA) is 76.0 Å². The first kappa shape index (κ1) is 23.9. The number of amides is 1. The normalized spacial score (nSPS) is 21.8. The van der Waals surface area contributed by atoms with Crippen molar-refractivity contribution in [2.75, 3.05) is 16.4 Å². The second kappa shape index (κ2) is 9.68. The predicted octanol–water partition coefficient (Wildman–Crippen LogP) is 5.28. The van der Waals surface area contributed by atoms with Crippen molar-refractivity contribution in [1.29, 1.82) is 0 Å². The summed E-state index contributed by atoms with van der Waals surface area (Å²) in [6.07, 6.45) is 0.161. The molecule has 180 valence electrons. The summed E-state index contributed by atoms with van der Waals surface area (Å²) in [4.78, 5) is 19.1. The van der Waals surface area contributed by atoms with E-state index in [9.17, 15) is 13.2 Å². The highest BCUT2D eigenvalue weighted by molar-refractivity contribution is 8.16. The molecule has 2 aliphatic heterocycles. The number of aliphatic imine (C=N–C) groups is 1. The number of ether oxygens (including phenoxy) is 1. The summed E-state index contributed by atoms with van der Waals surface area (Å²) in [6.45, 7) is 1.98. The number of carbonyl (C=O) groups is 1. The zero-order chi connectivity index (χ0) is 24.6. The molecule has 0 aliphatic carbocycles. The molecule has 3 aromatic carbocycles. The van der Waals surface area contributed by atoms with E-state index in [0.717, 1.165) is 11.1 Å². The number of fused-ring (bicyclic) bond motifs is 1. The average molecular weight is 527 g/mol. The number of hydrogen-bond acceptors (Lipinski definition) is 5. The number of nitrogens with zero attached hydrogens (tertiary/aromatic N) is 2. The van der Waals surface area contributed by atoms with E-state index < -0.39 is 9.84 Å². The molecule has 0 bridgehead atoms. The fourth-order valence-electron chi connectivity index (χ4n) is 4.33. The first-order valence-corrected chi connectivity index (χ1v) is 14.2. The second-order valence-corrected chi connectivity index (χ2v) is 12.4. The highest BCUT2D eigenvalue weighted by Crippen LogP contribution is 2.45. The molecule has 5 rings (SSSR count). The van der Waals surface area contributed by atoms with Crippen LogP contribution in [-0.2, 0) is 21.1 Å². The number of rotatable bonds is 5. The van der Waals surface area contributed by atoms with Gasteiger partial charge in [0.2, 0.25) is 0 Å². The zero-order valence-electron chi connectivity index (χ0n) is 18.9. The second-order valence-electron chi connectivity index (χ2n) is 8.65. The quantitative estimate of drug-likeness (QED) is 0.450. The van der Waals surface area contributed by atoms with Crippen LogP contribution < -0.4 is 9.64 Å². The summed E-state index contributed by atoms with van der Waals surface area (Å²) in [6, 6.07) is 21.9. The number of benzene rings is 3. The fraction of sp³-hybridized carbons (Fsp3) is 0.231. The lowest BCUT2D eigenvalue weighted by Crippen LogP contribution is -2.38. The van der Waals surface area contributed by atoms with E-state index in [0.29, 0.717) is 27.4 Å². The molecule has 2 heterocycles. The Kier molecular flexibility index (Phi) is 6.61. The Hall–Kier alpha value is -2.81. The van der Waals surface area contributed by atoms with Gasteiger partial charge < -0.3 is 9.64 Å². The summed E-state index contributed by atoms with van der Waals surface area (Å²) in [7, 11) is -3.21. The van der Waals surface area contributed by atoms with Crippen LogP contribution in [0.25, 0.3) is 0 Å². The highest BCUT2D eigenvalue weighted by atomic mass is 35.5. The van der Waals surface area contributed by atoms with Crippen LogP contribution in [-0.4, -0.2) is 42.3 Å². The van der Waals surface area contributed by atoms with Gasteiger partial charge in [0.25, 0.3) is 5.91 Å². The number of sulfone groups is 1. The third-order valence-corrected chi connectivity index (χ3v) is 9.33. The van der Waals surface area contributed by atoms with Gasteiger partial charge in [-0.25, -0.2) is 8.42 Å². The molecule has 6 nitrogen and oxygen atoms in total. The van der Waals surface area contributed by atoms with Crippen molar-refractivity contribution >= 4 is 50.0 Å². The molecule has 0 aromatic heterocycles. The van der Waals surface area contributed by atoms with E-state index in [1.807, 2.05) is 66.4 Å². The molecule has 35 heavy (non-hydrogen) atoms. The van der Waals surface area contributed by atoms with E-state index in [2.05, 4.69) is 4.99 Å². The van der Waals surface area contributed by atoms with Crippen LogP contribution in [0.2, 0.25) is 5.02 Å². The molecule has 1 amide bonds. The minimum atomic E-state index is -3.21. The molecule has 2 atom stereocenters. The lowest BCUT2D eigenvalue weighted by molar-refractivity contribution is -0.117. The van der Waals surface area contributed by atoms with Gasteiger partial charge in [-0.1, -0.05) is 65.8 Å². The highest BCUT2D eigenvalue weighted by Gasteiger charge is 2.50.